The summed E-state index contributed by atoms with van der Waals surface area (Å²) >= 11 is 0. The number of amidine groups is 2. The number of furan rings is 1. The van der Waals surface area contributed by atoms with Crippen molar-refractivity contribution < 1.29 is 4.42 Å². The van der Waals surface area contributed by atoms with Crippen molar-refractivity contribution in [2.24, 2.45) is 9.98 Å². The highest BCUT2D eigenvalue weighted by atomic mass is 16.3. The quantitative estimate of drug-likeness (QED) is 0.194. The number of rotatable bonds is 4. The molecular weight excluding hydrogens is 611 g/mol. The summed E-state index contributed by atoms with van der Waals surface area (Å²) in [5.41, 5.74) is 6.30. The monoisotopic (exact) mass is 641 g/mol. The molecule has 1 unspecified atom stereocenters. The van der Waals surface area contributed by atoms with E-state index >= 15 is 0 Å². The van der Waals surface area contributed by atoms with Crippen molar-refractivity contribution in [1.82, 2.24) is 5.32 Å². The van der Waals surface area contributed by atoms with Crippen LogP contribution < -0.4 is 5.32 Å². The number of hydrogen-bond acceptors (Lipinski definition) is 4. The predicted molar refractivity (Wildman–Crippen MR) is 208 cm³/mol. The van der Waals surface area contributed by atoms with Crippen molar-refractivity contribution >= 4 is 65.9 Å². The van der Waals surface area contributed by atoms with Gasteiger partial charge in [-0.2, -0.15) is 0 Å². The molecule has 8 aromatic carbocycles. The molecule has 0 amide bonds. The smallest absolute Gasteiger partial charge is 0.159 e. The highest BCUT2D eigenvalue weighted by molar-refractivity contribution is 6.26. The van der Waals surface area contributed by atoms with Crippen LogP contribution in [0.3, 0.4) is 0 Å². The van der Waals surface area contributed by atoms with Crippen molar-refractivity contribution in [3.8, 4) is 11.1 Å². The fraction of sp³-hybridized carbons (Fsp3) is 0.0435. The molecule has 1 aromatic heterocycles. The molecule has 0 spiro atoms. The summed E-state index contributed by atoms with van der Waals surface area (Å²) in [4.78, 5) is 10.1. The van der Waals surface area contributed by atoms with Gasteiger partial charge in [0.05, 0.1) is 0 Å². The van der Waals surface area contributed by atoms with E-state index in [1.807, 2.05) is 36.4 Å². The van der Waals surface area contributed by atoms with Crippen LogP contribution in [0.1, 0.15) is 23.6 Å². The summed E-state index contributed by atoms with van der Waals surface area (Å²) in [5, 5.41) is 13.5. The minimum absolute atomic E-state index is 0.691. The van der Waals surface area contributed by atoms with Gasteiger partial charge in [-0.15, -0.1) is 0 Å². The Labute approximate surface area is 289 Å². The Kier molecular flexibility index (Phi) is 6.27. The number of hydrogen-bond donors (Lipinski definition) is 1. The summed E-state index contributed by atoms with van der Waals surface area (Å²) in [7, 11) is 0. The third-order valence-electron chi connectivity index (χ3n) is 10.1. The molecule has 4 nitrogen and oxygen atoms in total. The van der Waals surface area contributed by atoms with Crippen LogP contribution in [0, 0.1) is 0 Å². The Hall–Kier alpha value is -6.52. The third kappa shape index (κ3) is 4.53. The van der Waals surface area contributed by atoms with Crippen molar-refractivity contribution in [2.75, 3.05) is 0 Å². The Morgan fingerprint density at radius 2 is 0.980 bits per heavy atom. The number of benzene rings is 8. The molecule has 236 valence electrons. The van der Waals surface area contributed by atoms with Crippen LogP contribution in [0.15, 0.2) is 178 Å². The number of aliphatic imine (C=N–C) groups is 2. The maximum absolute atomic E-state index is 6.49. The number of fused-ring (bicyclic) bond motifs is 9. The molecule has 1 atom stereocenters. The number of nitrogens with one attached hydrogen (secondary N) is 1. The summed E-state index contributed by atoms with van der Waals surface area (Å²) in [6.45, 7) is 2.10. The molecule has 0 aliphatic carbocycles. The van der Waals surface area contributed by atoms with Crippen LogP contribution in [0.2, 0.25) is 0 Å². The molecule has 1 aliphatic rings. The zero-order valence-electron chi connectivity index (χ0n) is 27.4. The van der Waals surface area contributed by atoms with Gasteiger partial charge in [0, 0.05) is 21.9 Å². The van der Waals surface area contributed by atoms with E-state index in [-0.39, 0.29) is 0 Å². The largest absolute Gasteiger partial charge is 0.456 e. The van der Waals surface area contributed by atoms with Gasteiger partial charge in [0.1, 0.15) is 17.0 Å². The standard InChI is InChI=1S/C46H31N3O/c1-46(33-14-6-3-7-15-33)48-44(29-12-4-2-5-13-29)47-45(49-46)32-21-24-39-41-27-31(22-25-42(41)50-43(39)28-32)30-20-23-38-36-18-9-8-16-34(36)35-17-10-11-19-37(35)40(38)26-30/h2-28H,1H3,(H,47,48,49). The average Bonchev–Trinajstić information content (AvgIpc) is 3.55. The van der Waals surface area contributed by atoms with E-state index in [1.165, 1.54) is 37.9 Å². The summed E-state index contributed by atoms with van der Waals surface area (Å²) in [6, 6.07) is 57.6. The summed E-state index contributed by atoms with van der Waals surface area (Å²) in [5.74, 6) is 1.44. The molecule has 1 N–H and O–H groups in total. The van der Waals surface area contributed by atoms with Gasteiger partial charge < -0.3 is 9.73 Å². The first-order valence-corrected chi connectivity index (χ1v) is 17.0. The van der Waals surface area contributed by atoms with Crippen LogP contribution in [0.5, 0.6) is 0 Å². The third-order valence-corrected chi connectivity index (χ3v) is 10.1. The van der Waals surface area contributed by atoms with Gasteiger partial charge in [-0.05, 0) is 86.3 Å². The van der Waals surface area contributed by atoms with Gasteiger partial charge in [-0.25, -0.2) is 9.98 Å². The Balaban J connectivity index is 1.07. The molecule has 50 heavy (non-hydrogen) atoms. The molecule has 10 rings (SSSR count). The lowest BCUT2D eigenvalue weighted by Crippen LogP contribution is -2.46. The van der Waals surface area contributed by atoms with Gasteiger partial charge in [0.15, 0.2) is 11.5 Å². The molecule has 0 radical (unpaired) electrons. The minimum Gasteiger partial charge on any atom is -0.456 e. The van der Waals surface area contributed by atoms with Crippen molar-refractivity contribution in [2.45, 2.75) is 12.6 Å². The Morgan fingerprint density at radius 1 is 0.440 bits per heavy atom. The zero-order chi connectivity index (χ0) is 33.2. The molecule has 0 bridgehead atoms. The van der Waals surface area contributed by atoms with Gasteiger partial charge in [-0.1, -0.05) is 133 Å². The molecule has 0 fully saturated rings. The first-order chi connectivity index (χ1) is 24.6. The minimum atomic E-state index is -0.696. The molecule has 1 aliphatic heterocycles. The van der Waals surface area contributed by atoms with E-state index in [0.717, 1.165) is 50.0 Å². The topological polar surface area (TPSA) is 49.9 Å². The van der Waals surface area contributed by atoms with Crippen LogP contribution >= 0.6 is 0 Å². The lowest BCUT2D eigenvalue weighted by atomic mass is 9.92. The van der Waals surface area contributed by atoms with E-state index in [1.54, 1.807) is 0 Å². The highest BCUT2D eigenvalue weighted by Gasteiger charge is 2.32. The van der Waals surface area contributed by atoms with E-state index < -0.39 is 5.66 Å². The second kappa shape index (κ2) is 11.0. The Bertz CT molecular complexity index is 2820. The van der Waals surface area contributed by atoms with Crippen molar-refractivity contribution in [1.29, 1.82) is 0 Å². The van der Waals surface area contributed by atoms with Crippen LogP contribution in [-0.2, 0) is 5.66 Å². The van der Waals surface area contributed by atoms with E-state index in [0.29, 0.717) is 5.84 Å². The van der Waals surface area contributed by atoms with Crippen molar-refractivity contribution in [3.63, 3.8) is 0 Å². The van der Waals surface area contributed by atoms with Gasteiger partial charge in [-0.3, -0.25) is 0 Å². The van der Waals surface area contributed by atoms with Gasteiger partial charge in [0.25, 0.3) is 0 Å². The first-order valence-electron chi connectivity index (χ1n) is 17.0. The highest BCUT2D eigenvalue weighted by Crippen LogP contribution is 2.39. The predicted octanol–water partition coefficient (Wildman–Crippen LogP) is 11.4. The van der Waals surface area contributed by atoms with E-state index in [9.17, 15) is 0 Å². The maximum atomic E-state index is 6.49. The van der Waals surface area contributed by atoms with Crippen LogP contribution in [0.4, 0.5) is 0 Å². The van der Waals surface area contributed by atoms with E-state index in [2.05, 4.69) is 140 Å². The molecule has 2 heterocycles. The summed E-state index contributed by atoms with van der Waals surface area (Å²) in [6.07, 6.45) is 0. The lowest BCUT2D eigenvalue weighted by Gasteiger charge is -2.33. The normalized spacial score (nSPS) is 16.2. The van der Waals surface area contributed by atoms with Crippen LogP contribution in [0.25, 0.3) is 65.4 Å². The summed E-state index contributed by atoms with van der Waals surface area (Å²) < 4.78 is 6.49. The zero-order valence-corrected chi connectivity index (χ0v) is 27.4. The molecule has 9 aromatic rings. The second-order valence-electron chi connectivity index (χ2n) is 13.2. The van der Waals surface area contributed by atoms with Gasteiger partial charge in [0.2, 0.25) is 0 Å². The molecule has 0 saturated carbocycles. The molecule has 4 heteroatoms. The first kappa shape index (κ1) is 28.5. The van der Waals surface area contributed by atoms with Crippen molar-refractivity contribution in [3.05, 3.63) is 180 Å². The average molecular weight is 642 g/mol. The van der Waals surface area contributed by atoms with E-state index in [4.69, 9.17) is 14.4 Å². The second-order valence-corrected chi connectivity index (χ2v) is 13.2. The van der Waals surface area contributed by atoms with Crippen LogP contribution in [-0.4, -0.2) is 11.7 Å². The Morgan fingerprint density at radius 3 is 1.68 bits per heavy atom. The van der Waals surface area contributed by atoms with Gasteiger partial charge >= 0.3 is 0 Å². The molecular formula is C46H31N3O. The maximum Gasteiger partial charge on any atom is 0.159 e. The fourth-order valence-electron chi connectivity index (χ4n) is 7.57. The molecule has 0 saturated heterocycles. The number of nitrogens with zero attached hydrogens (tertiary/aromatic N) is 2. The SMILES string of the molecule is CC1(c2ccccc2)N=C(c2ccccc2)N=C(c2ccc3c(c2)oc2ccc(-c4ccc5c6ccccc6c6ccccc6c5c4)cc23)N1. The lowest BCUT2D eigenvalue weighted by molar-refractivity contribution is 0.455. The fourth-order valence-corrected chi connectivity index (χ4v) is 7.57.